The number of nitrogens with one attached hydrogen (secondary N) is 2. The van der Waals surface area contributed by atoms with Gasteiger partial charge in [-0.3, -0.25) is 0 Å². The zero-order valence-corrected chi connectivity index (χ0v) is 19.3. The Morgan fingerprint density at radius 1 is 1.03 bits per heavy atom. The first-order chi connectivity index (χ1) is 17.3. The van der Waals surface area contributed by atoms with E-state index in [1.54, 1.807) is 31.2 Å². The van der Waals surface area contributed by atoms with E-state index in [9.17, 15) is 15.3 Å². The fraction of sp³-hybridized carbons (Fsp3) is 0.320. The van der Waals surface area contributed by atoms with Crippen LogP contribution in [0.15, 0.2) is 54.6 Å². The Labute approximate surface area is 204 Å². The molecule has 8 nitrogen and oxygen atoms in total. The van der Waals surface area contributed by atoms with E-state index in [2.05, 4.69) is 20.6 Å². The minimum Gasteiger partial charge on any atom is -0.396 e. The SMILES string of the molecule is [2H]C([2H])(Nc1nc(C)c(-c2nc3ccccc3s2)c(N[C@@H]2C[C@H](CO)[C@@H](O)[C@H]2O)n1)c1ccccc1. The molecule has 0 saturated heterocycles. The van der Waals surface area contributed by atoms with Gasteiger partial charge in [0.2, 0.25) is 5.95 Å². The number of rotatable bonds is 7. The van der Waals surface area contributed by atoms with Gasteiger partial charge >= 0.3 is 0 Å². The highest BCUT2D eigenvalue weighted by molar-refractivity contribution is 7.21. The summed E-state index contributed by atoms with van der Waals surface area (Å²) in [5.74, 6) is -0.0284. The highest BCUT2D eigenvalue weighted by atomic mass is 32.1. The molecule has 4 aromatic rings. The summed E-state index contributed by atoms with van der Waals surface area (Å²) in [4.78, 5) is 13.9. The third-order valence-corrected chi connectivity index (χ3v) is 7.10. The standard InChI is InChI=1S/C25H27N5O3S/c1-14-20(24-29-17-9-5-6-10-19(17)34-24)23(28-18-11-16(13-31)21(32)22(18)33)30-25(27-14)26-12-15-7-3-2-4-8-15/h2-10,16,18,21-22,31-33H,11-13H2,1H3,(H2,26,27,28,30)/t16-,18-,21-,22+/m1/s1/i12D2. The van der Waals surface area contributed by atoms with Crippen LogP contribution >= 0.6 is 11.3 Å². The number of hydrogen-bond donors (Lipinski definition) is 5. The largest absolute Gasteiger partial charge is 0.396 e. The molecular weight excluding hydrogens is 450 g/mol. The van der Waals surface area contributed by atoms with Crippen LogP contribution in [0.4, 0.5) is 11.8 Å². The van der Waals surface area contributed by atoms with Gasteiger partial charge in [-0.05, 0) is 31.0 Å². The Hall–Kier alpha value is -3.11. The van der Waals surface area contributed by atoms with Crippen LogP contribution in [0.1, 0.15) is 20.4 Å². The van der Waals surface area contributed by atoms with Crippen molar-refractivity contribution >= 4 is 33.3 Å². The molecule has 4 atom stereocenters. The Balaban J connectivity index is 1.56. The summed E-state index contributed by atoms with van der Waals surface area (Å²) in [7, 11) is 0. The van der Waals surface area contributed by atoms with E-state index in [1.807, 2.05) is 30.3 Å². The lowest BCUT2D eigenvalue weighted by Crippen LogP contribution is -2.35. The average molecular weight is 480 g/mol. The summed E-state index contributed by atoms with van der Waals surface area (Å²) in [5.41, 5.74) is 2.47. The van der Waals surface area contributed by atoms with Crippen molar-refractivity contribution in [1.82, 2.24) is 15.0 Å². The molecule has 0 unspecified atom stereocenters. The number of aromatic nitrogens is 3. The second kappa shape index (κ2) is 9.63. The maximum atomic E-state index is 10.6. The van der Waals surface area contributed by atoms with E-state index in [0.29, 0.717) is 34.1 Å². The van der Waals surface area contributed by atoms with E-state index in [-0.39, 0.29) is 12.6 Å². The van der Waals surface area contributed by atoms with Crippen molar-refractivity contribution in [2.24, 2.45) is 5.92 Å². The van der Waals surface area contributed by atoms with Crippen LogP contribution < -0.4 is 10.6 Å². The zero-order chi connectivity index (χ0) is 25.4. The van der Waals surface area contributed by atoms with Gasteiger partial charge in [0.15, 0.2) is 0 Å². The number of anilines is 2. The van der Waals surface area contributed by atoms with Crippen LogP contribution in [0.2, 0.25) is 0 Å². The van der Waals surface area contributed by atoms with E-state index in [1.165, 1.54) is 11.3 Å². The summed E-state index contributed by atoms with van der Waals surface area (Å²) in [6, 6.07) is 15.9. The van der Waals surface area contributed by atoms with E-state index < -0.39 is 30.7 Å². The molecule has 0 bridgehead atoms. The molecule has 1 fully saturated rings. The molecule has 34 heavy (non-hydrogen) atoms. The number of aliphatic hydroxyl groups is 3. The van der Waals surface area contributed by atoms with Gasteiger partial charge in [0.05, 0.1) is 36.4 Å². The van der Waals surface area contributed by atoms with Gasteiger partial charge in [-0.25, -0.2) is 9.97 Å². The fourth-order valence-electron chi connectivity index (χ4n) is 4.24. The van der Waals surface area contributed by atoms with Crippen LogP contribution in [0.25, 0.3) is 20.8 Å². The lowest BCUT2D eigenvalue weighted by molar-refractivity contribution is 0.00446. The smallest absolute Gasteiger partial charge is 0.225 e. The predicted octanol–water partition coefficient (Wildman–Crippen LogP) is 3.19. The van der Waals surface area contributed by atoms with E-state index in [4.69, 9.17) is 7.73 Å². The van der Waals surface area contributed by atoms with E-state index >= 15 is 0 Å². The number of hydrogen-bond acceptors (Lipinski definition) is 9. The molecule has 0 spiro atoms. The first-order valence-electron chi connectivity index (χ1n) is 12.1. The monoisotopic (exact) mass is 479 g/mol. The third kappa shape index (κ3) is 4.47. The Kier molecular flexibility index (Phi) is 5.75. The average Bonchev–Trinajstić information content (AvgIpc) is 3.40. The second-order valence-electron chi connectivity index (χ2n) is 8.37. The van der Waals surface area contributed by atoms with Crippen molar-refractivity contribution in [3.63, 3.8) is 0 Å². The first-order valence-corrected chi connectivity index (χ1v) is 11.9. The molecule has 2 aromatic carbocycles. The number of nitrogens with zero attached hydrogens (tertiary/aromatic N) is 3. The maximum absolute atomic E-state index is 10.6. The number of thiazole rings is 1. The Morgan fingerprint density at radius 2 is 1.79 bits per heavy atom. The molecule has 2 heterocycles. The minimum atomic E-state index is -1.94. The van der Waals surface area contributed by atoms with Gasteiger partial charge in [0.1, 0.15) is 16.9 Å². The summed E-state index contributed by atoms with van der Waals surface area (Å²) in [6.07, 6.45) is -1.83. The molecule has 0 amide bonds. The molecule has 1 aliphatic rings. The number of aryl methyl sites for hydroxylation is 1. The molecule has 2 aromatic heterocycles. The van der Waals surface area contributed by atoms with Crippen molar-refractivity contribution in [2.75, 3.05) is 17.2 Å². The molecule has 0 radical (unpaired) electrons. The predicted molar refractivity (Wildman–Crippen MR) is 134 cm³/mol. The summed E-state index contributed by atoms with van der Waals surface area (Å²) in [6.45, 7) is -0.380. The molecular formula is C25H27N5O3S. The highest BCUT2D eigenvalue weighted by Gasteiger charge is 2.41. The van der Waals surface area contributed by atoms with Gasteiger partial charge in [0, 0.05) is 19.0 Å². The zero-order valence-electron chi connectivity index (χ0n) is 20.5. The lowest BCUT2D eigenvalue weighted by atomic mass is 10.1. The molecule has 5 rings (SSSR count). The van der Waals surface area contributed by atoms with Crippen molar-refractivity contribution in [2.45, 2.75) is 38.1 Å². The molecule has 9 heteroatoms. The molecule has 5 N–H and O–H groups in total. The van der Waals surface area contributed by atoms with Crippen LogP contribution in [0.3, 0.4) is 0 Å². The number of aliphatic hydroxyl groups excluding tert-OH is 3. The summed E-state index contributed by atoms with van der Waals surface area (Å²) in [5, 5.41) is 37.2. The van der Waals surface area contributed by atoms with Gasteiger partial charge in [0.25, 0.3) is 0 Å². The first kappa shape index (κ1) is 20.3. The highest BCUT2D eigenvalue weighted by Crippen LogP contribution is 2.38. The third-order valence-electron chi connectivity index (χ3n) is 6.05. The van der Waals surface area contributed by atoms with Crippen LogP contribution in [-0.4, -0.2) is 55.1 Å². The molecule has 176 valence electrons. The lowest BCUT2D eigenvalue weighted by Gasteiger charge is -2.21. The van der Waals surface area contributed by atoms with Gasteiger partial charge in [-0.2, -0.15) is 4.98 Å². The summed E-state index contributed by atoms with van der Waals surface area (Å²) < 4.78 is 18.0. The fourth-order valence-corrected chi connectivity index (χ4v) is 5.31. The van der Waals surface area contributed by atoms with Crippen molar-refractivity contribution < 1.29 is 18.1 Å². The Morgan fingerprint density at radius 3 is 2.53 bits per heavy atom. The number of fused-ring (bicyclic) bond motifs is 1. The molecule has 0 aliphatic heterocycles. The molecule has 1 saturated carbocycles. The normalized spacial score (nSPS) is 23.5. The van der Waals surface area contributed by atoms with Crippen LogP contribution in [-0.2, 0) is 6.50 Å². The summed E-state index contributed by atoms with van der Waals surface area (Å²) >= 11 is 1.48. The molecule has 1 aliphatic carbocycles. The van der Waals surface area contributed by atoms with Gasteiger partial charge in [-0.15, -0.1) is 11.3 Å². The van der Waals surface area contributed by atoms with Crippen molar-refractivity contribution in [3.05, 3.63) is 65.9 Å². The van der Waals surface area contributed by atoms with Crippen LogP contribution in [0.5, 0.6) is 0 Å². The van der Waals surface area contributed by atoms with Crippen molar-refractivity contribution in [3.8, 4) is 10.6 Å². The maximum Gasteiger partial charge on any atom is 0.225 e. The van der Waals surface area contributed by atoms with Crippen molar-refractivity contribution in [1.29, 1.82) is 0 Å². The van der Waals surface area contributed by atoms with Gasteiger partial charge in [-0.1, -0.05) is 42.5 Å². The quantitative estimate of drug-likeness (QED) is 0.274. The van der Waals surface area contributed by atoms with Crippen LogP contribution in [0, 0.1) is 12.8 Å². The van der Waals surface area contributed by atoms with E-state index in [0.717, 1.165) is 10.2 Å². The topological polar surface area (TPSA) is 123 Å². The number of benzene rings is 2. The number of para-hydroxylation sites is 1. The second-order valence-corrected chi connectivity index (χ2v) is 9.40. The Bertz CT molecular complexity index is 1340. The minimum absolute atomic E-state index is 0.0699. The van der Waals surface area contributed by atoms with Gasteiger partial charge < -0.3 is 26.0 Å².